The fourth-order valence-electron chi connectivity index (χ4n) is 1.53. The van der Waals surface area contributed by atoms with Crippen LogP contribution in [-0.2, 0) is 0 Å². The molecule has 0 radical (unpaired) electrons. The Hall–Kier alpha value is -0.840. The van der Waals surface area contributed by atoms with Crippen molar-refractivity contribution in [2.45, 2.75) is 39.3 Å². The van der Waals surface area contributed by atoms with Crippen LogP contribution in [0.2, 0.25) is 0 Å². The highest BCUT2D eigenvalue weighted by Gasteiger charge is 2.27. The normalized spacial score (nSPS) is 15.8. The van der Waals surface area contributed by atoms with E-state index in [-0.39, 0.29) is 12.4 Å². The van der Waals surface area contributed by atoms with Crippen molar-refractivity contribution in [1.82, 2.24) is 4.90 Å². The molecule has 0 aromatic carbocycles. The van der Waals surface area contributed by atoms with Crippen molar-refractivity contribution in [3.05, 3.63) is 23.6 Å². The fourth-order valence-corrected chi connectivity index (χ4v) is 1.53. The van der Waals surface area contributed by atoms with Crippen LogP contribution < -0.4 is 0 Å². The minimum absolute atomic E-state index is 0.0208. The average molecular weight is 267 g/mol. The Labute approximate surface area is 106 Å². The van der Waals surface area contributed by atoms with Gasteiger partial charge >= 0.3 is 6.18 Å². The smallest absolute Gasteiger partial charge is 0.302 e. The highest BCUT2D eigenvalue weighted by Crippen LogP contribution is 2.22. The minimum atomic E-state index is -4.11. The summed E-state index contributed by atoms with van der Waals surface area (Å²) < 4.78 is 48.5. The van der Waals surface area contributed by atoms with Crippen molar-refractivity contribution in [3.8, 4) is 0 Å². The number of allylic oxidation sites excluding steroid dienone is 3. The highest BCUT2D eigenvalue weighted by atomic mass is 19.4. The zero-order chi connectivity index (χ0) is 14.2. The summed E-state index contributed by atoms with van der Waals surface area (Å²) in [7, 11) is 1.64. The number of hydrogen-bond acceptors (Lipinski definition) is 1. The van der Waals surface area contributed by atoms with Crippen molar-refractivity contribution >= 4 is 0 Å². The Bertz CT molecular complexity index is 292. The Balaban J connectivity index is 0.00000137. The Morgan fingerprint density at radius 3 is 2.22 bits per heavy atom. The summed E-state index contributed by atoms with van der Waals surface area (Å²) in [6.45, 7) is 4.45. The quantitative estimate of drug-likeness (QED) is 0.679. The molecule has 18 heavy (non-hydrogen) atoms. The third-order valence-corrected chi connectivity index (χ3v) is 2.43. The molecule has 0 saturated heterocycles. The van der Waals surface area contributed by atoms with E-state index in [4.69, 9.17) is 0 Å². The van der Waals surface area contributed by atoms with Crippen LogP contribution >= 0.6 is 0 Å². The van der Waals surface area contributed by atoms with Crippen LogP contribution in [0.15, 0.2) is 23.6 Å². The summed E-state index contributed by atoms with van der Waals surface area (Å²) in [5.41, 5.74) is 0.978. The largest absolute Gasteiger partial charge is 0.390 e. The molecular weight excluding hydrogens is 246 g/mol. The molecular formula is C13H21F4N. The van der Waals surface area contributed by atoms with Gasteiger partial charge in [-0.3, -0.25) is 0 Å². The van der Waals surface area contributed by atoms with E-state index >= 15 is 0 Å². The molecule has 0 aliphatic heterocycles. The van der Waals surface area contributed by atoms with Crippen LogP contribution in [0.4, 0.5) is 17.6 Å². The van der Waals surface area contributed by atoms with Crippen LogP contribution in [0.25, 0.3) is 0 Å². The van der Waals surface area contributed by atoms with Gasteiger partial charge in [0.1, 0.15) is 5.83 Å². The van der Waals surface area contributed by atoms with Crippen LogP contribution in [0.3, 0.4) is 0 Å². The van der Waals surface area contributed by atoms with Gasteiger partial charge in [-0.15, -0.1) is 0 Å². The zero-order valence-corrected chi connectivity index (χ0v) is 11.1. The number of halogens is 4. The van der Waals surface area contributed by atoms with Gasteiger partial charge in [0.25, 0.3) is 0 Å². The second kappa shape index (κ2) is 8.29. The molecule has 0 aromatic rings. The summed E-state index contributed by atoms with van der Waals surface area (Å²) in [5, 5.41) is 0. The van der Waals surface area contributed by atoms with Gasteiger partial charge in [0.05, 0.1) is 6.42 Å². The number of hydrogen-bond donors (Lipinski definition) is 0. The maximum atomic E-state index is 12.7. The molecule has 1 nitrogen and oxygen atoms in total. The predicted molar refractivity (Wildman–Crippen MR) is 66.0 cm³/mol. The third kappa shape index (κ3) is 8.28. The van der Waals surface area contributed by atoms with Gasteiger partial charge in [0, 0.05) is 19.5 Å². The molecule has 0 fully saturated rings. The average Bonchev–Trinajstić information content (AvgIpc) is 2.31. The fraction of sp³-hybridized carbons (Fsp3) is 0.692. The van der Waals surface area contributed by atoms with Gasteiger partial charge in [0.15, 0.2) is 0 Å². The van der Waals surface area contributed by atoms with Crippen molar-refractivity contribution < 1.29 is 17.6 Å². The van der Waals surface area contributed by atoms with E-state index in [0.717, 1.165) is 5.57 Å². The minimum Gasteiger partial charge on any atom is -0.302 e. The van der Waals surface area contributed by atoms with E-state index in [9.17, 15) is 17.6 Å². The summed E-state index contributed by atoms with van der Waals surface area (Å²) in [4.78, 5) is 1.61. The molecule has 1 aliphatic rings. The van der Waals surface area contributed by atoms with Gasteiger partial charge in [-0.1, -0.05) is 25.5 Å². The molecule has 0 amide bonds. The van der Waals surface area contributed by atoms with Gasteiger partial charge in [0.2, 0.25) is 0 Å². The second-order valence-corrected chi connectivity index (χ2v) is 4.04. The number of nitrogens with zero attached hydrogens (tertiary/aromatic N) is 1. The Morgan fingerprint density at radius 1 is 1.17 bits per heavy atom. The molecule has 0 N–H and O–H groups in total. The lowest BCUT2D eigenvalue weighted by Gasteiger charge is -2.20. The number of likely N-dealkylation sites (N-methyl/N-ethyl adjacent to an activating group) is 1. The zero-order valence-electron chi connectivity index (χ0n) is 11.1. The molecule has 106 valence electrons. The molecule has 0 atom stereocenters. The Kier molecular flexibility index (Phi) is 7.91. The van der Waals surface area contributed by atoms with Crippen LogP contribution in [0, 0.1) is 0 Å². The molecule has 0 spiro atoms. The van der Waals surface area contributed by atoms with Gasteiger partial charge in [-0.05, 0) is 19.5 Å². The summed E-state index contributed by atoms with van der Waals surface area (Å²) in [6, 6.07) is 0. The summed E-state index contributed by atoms with van der Waals surface area (Å²) in [5.74, 6) is -0.165. The number of alkyl halides is 3. The van der Waals surface area contributed by atoms with E-state index in [2.05, 4.69) is 0 Å². The van der Waals surface area contributed by atoms with Crippen molar-refractivity contribution in [1.29, 1.82) is 0 Å². The first kappa shape index (κ1) is 17.2. The van der Waals surface area contributed by atoms with Crippen LogP contribution in [-0.4, -0.2) is 31.2 Å². The summed E-state index contributed by atoms with van der Waals surface area (Å²) in [6.07, 6.45) is -0.917. The Morgan fingerprint density at radius 2 is 1.78 bits per heavy atom. The van der Waals surface area contributed by atoms with Gasteiger partial charge < -0.3 is 4.90 Å². The van der Waals surface area contributed by atoms with E-state index < -0.39 is 12.6 Å². The SMILES string of the molecule is CC.CN(CCC(F)(F)F)CC1=CC=C(F)CC1. The van der Waals surface area contributed by atoms with E-state index in [1.165, 1.54) is 6.08 Å². The maximum Gasteiger partial charge on any atom is 0.390 e. The maximum absolute atomic E-state index is 12.7. The molecule has 1 aliphatic carbocycles. The standard InChI is InChI=1S/C11H15F4N.C2H6/c1-16(7-6-11(13,14)15)8-9-2-4-10(12)5-3-9;1-2/h2,4H,3,5-8H2,1H3;1-2H3. The lowest BCUT2D eigenvalue weighted by atomic mass is 10.0. The molecule has 1 rings (SSSR count). The van der Waals surface area contributed by atoms with E-state index in [1.807, 2.05) is 13.8 Å². The van der Waals surface area contributed by atoms with Crippen LogP contribution in [0.5, 0.6) is 0 Å². The van der Waals surface area contributed by atoms with Crippen molar-refractivity contribution in [2.75, 3.05) is 20.1 Å². The van der Waals surface area contributed by atoms with Crippen molar-refractivity contribution in [3.63, 3.8) is 0 Å². The lowest BCUT2D eigenvalue weighted by Crippen LogP contribution is -2.26. The van der Waals surface area contributed by atoms with Crippen molar-refractivity contribution in [2.24, 2.45) is 0 Å². The highest BCUT2D eigenvalue weighted by molar-refractivity contribution is 5.21. The molecule has 0 heterocycles. The molecule has 5 heteroatoms. The monoisotopic (exact) mass is 267 g/mol. The van der Waals surface area contributed by atoms with E-state index in [1.54, 1.807) is 18.0 Å². The molecule has 0 aromatic heterocycles. The lowest BCUT2D eigenvalue weighted by molar-refractivity contribution is -0.137. The van der Waals surface area contributed by atoms with Gasteiger partial charge in [-0.25, -0.2) is 4.39 Å². The first-order valence-electron chi connectivity index (χ1n) is 6.16. The first-order valence-corrected chi connectivity index (χ1v) is 6.16. The number of rotatable bonds is 4. The van der Waals surface area contributed by atoms with E-state index in [0.29, 0.717) is 19.4 Å². The van der Waals surface area contributed by atoms with Gasteiger partial charge in [-0.2, -0.15) is 13.2 Å². The summed E-state index contributed by atoms with van der Waals surface area (Å²) >= 11 is 0. The topological polar surface area (TPSA) is 3.24 Å². The third-order valence-electron chi connectivity index (χ3n) is 2.43. The first-order chi connectivity index (χ1) is 8.37. The molecule has 0 unspecified atom stereocenters. The molecule has 0 saturated carbocycles. The van der Waals surface area contributed by atoms with Crippen LogP contribution in [0.1, 0.15) is 33.1 Å². The predicted octanol–water partition coefficient (Wildman–Crippen LogP) is 4.47. The second-order valence-electron chi connectivity index (χ2n) is 4.04. The molecule has 0 bridgehead atoms.